The molecule has 0 aromatic heterocycles. The highest BCUT2D eigenvalue weighted by Crippen LogP contribution is 2.19. The van der Waals surface area contributed by atoms with Gasteiger partial charge in [-0.2, -0.15) is 0 Å². The van der Waals surface area contributed by atoms with E-state index in [9.17, 15) is 4.79 Å². The summed E-state index contributed by atoms with van der Waals surface area (Å²) in [5, 5.41) is 0. The van der Waals surface area contributed by atoms with Crippen LogP contribution in [0.5, 0.6) is 5.75 Å². The molecule has 4 nitrogen and oxygen atoms in total. The van der Waals surface area contributed by atoms with Crippen molar-refractivity contribution in [3.63, 3.8) is 0 Å². The molecule has 0 bridgehead atoms. The third-order valence-electron chi connectivity index (χ3n) is 4.17. The Labute approximate surface area is 143 Å². The number of ether oxygens (including phenoxy) is 2. The summed E-state index contributed by atoms with van der Waals surface area (Å²) in [6.45, 7) is 3.65. The van der Waals surface area contributed by atoms with Gasteiger partial charge in [0.2, 0.25) is 0 Å². The van der Waals surface area contributed by atoms with Crippen LogP contribution in [0.1, 0.15) is 24.0 Å². The van der Waals surface area contributed by atoms with Crippen molar-refractivity contribution in [1.82, 2.24) is 4.90 Å². The molecule has 126 valence electrons. The molecule has 1 aliphatic rings. The highest BCUT2D eigenvalue weighted by atomic mass is 16.6. The number of aryl methyl sites for hydroxylation is 1. The molecule has 2 aromatic rings. The fourth-order valence-electron chi connectivity index (χ4n) is 2.82. The predicted molar refractivity (Wildman–Crippen MR) is 93.0 cm³/mol. The molecular weight excluding hydrogens is 302 g/mol. The van der Waals surface area contributed by atoms with Crippen LogP contribution in [-0.2, 0) is 11.3 Å². The van der Waals surface area contributed by atoms with Crippen molar-refractivity contribution in [3.8, 4) is 5.75 Å². The summed E-state index contributed by atoms with van der Waals surface area (Å²) in [6, 6.07) is 17.7. The third-order valence-corrected chi connectivity index (χ3v) is 4.17. The molecule has 2 aromatic carbocycles. The number of likely N-dealkylation sites (tertiary alicyclic amines) is 1. The Hall–Kier alpha value is -2.49. The lowest BCUT2D eigenvalue weighted by molar-refractivity contribution is 0.0552. The van der Waals surface area contributed by atoms with E-state index in [1.807, 2.05) is 54.6 Å². The standard InChI is InChI=1S/C20H23NO3/c1-16-9-11-18(12-10-16)24-19-8-5-13-21(14-19)20(22)23-15-17-6-3-2-4-7-17/h2-4,6-7,9-12,19H,5,8,13-15H2,1H3. The molecule has 3 rings (SSSR count). The first-order valence-electron chi connectivity index (χ1n) is 8.39. The quantitative estimate of drug-likeness (QED) is 0.846. The molecule has 1 amide bonds. The minimum atomic E-state index is -0.268. The maximum atomic E-state index is 12.3. The van der Waals surface area contributed by atoms with Crippen LogP contribution < -0.4 is 4.74 Å². The Balaban J connectivity index is 1.51. The molecule has 0 N–H and O–H groups in total. The summed E-state index contributed by atoms with van der Waals surface area (Å²) in [7, 11) is 0. The lowest BCUT2D eigenvalue weighted by Gasteiger charge is -2.32. The van der Waals surface area contributed by atoms with E-state index < -0.39 is 0 Å². The van der Waals surface area contributed by atoms with E-state index in [0.29, 0.717) is 13.2 Å². The van der Waals surface area contributed by atoms with Gasteiger partial charge in [-0.15, -0.1) is 0 Å². The molecule has 0 radical (unpaired) electrons. The Bertz CT molecular complexity index is 654. The fraction of sp³-hybridized carbons (Fsp3) is 0.350. The van der Waals surface area contributed by atoms with Crippen molar-refractivity contribution in [1.29, 1.82) is 0 Å². The van der Waals surface area contributed by atoms with Crippen LogP contribution >= 0.6 is 0 Å². The van der Waals surface area contributed by atoms with Gasteiger partial charge in [0.1, 0.15) is 18.5 Å². The van der Waals surface area contributed by atoms with E-state index in [0.717, 1.165) is 30.7 Å². The number of rotatable bonds is 4. The molecule has 0 spiro atoms. The van der Waals surface area contributed by atoms with Gasteiger partial charge in [-0.3, -0.25) is 0 Å². The Morgan fingerprint density at radius 1 is 1.12 bits per heavy atom. The van der Waals surface area contributed by atoms with Gasteiger partial charge in [-0.25, -0.2) is 4.79 Å². The first-order valence-corrected chi connectivity index (χ1v) is 8.39. The summed E-state index contributed by atoms with van der Waals surface area (Å²) < 4.78 is 11.4. The van der Waals surface area contributed by atoms with Gasteiger partial charge in [-0.05, 0) is 37.5 Å². The van der Waals surface area contributed by atoms with Crippen LogP contribution in [0.25, 0.3) is 0 Å². The monoisotopic (exact) mass is 325 g/mol. The highest BCUT2D eigenvalue weighted by molar-refractivity contribution is 5.67. The van der Waals surface area contributed by atoms with Crippen molar-refractivity contribution in [3.05, 3.63) is 65.7 Å². The molecule has 1 atom stereocenters. The van der Waals surface area contributed by atoms with Crippen LogP contribution in [0, 0.1) is 6.92 Å². The molecule has 4 heteroatoms. The van der Waals surface area contributed by atoms with E-state index in [1.165, 1.54) is 5.56 Å². The minimum Gasteiger partial charge on any atom is -0.489 e. The summed E-state index contributed by atoms with van der Waals surface area (Å²) in [4.78, 5) is 14.0. The number of nitrogens with zero attached hydrogens (tertiary/aromatic N) is 1. The number of carbonyl (C=O) groups excluding carboxylic acids is 1. The topological polar surface area (TPSA) is 38.8 Å². The minimum absolute atomic E-state index is 0.0192. The molecule has 0 aliphatic carbocycles. The Morgan fingerprint density at radius 2 is 1.88 bits per heavy atom. The van der Waals surface area contributed by atoms with Gasteiger partial charge < -0.3 is 14.4 Å². The summed E-state index contributed by atoms with van der Waals surface area (Å²) in [5.74, 6) is 0.852. The maximum absolute atomic E-state index is 12.3. The number of hydrogen-bond acceptors (Lipinski definition) is 3. The number of piperidine rings is 1. The van der Waals surface area contributed by atoms with Crippen molar-refractivity contribution in [2.75, 3.05) is 13.1 Å². The highest BCUT2D eigenvalue weighted by Gasteiger charge is 2.25. The second-order valence-corrected chi connectivity index (χ2v) is 6.18. The first-order chi connectivity index (χ1) is 11.7. The normalized spacial score (nSPS) is 17.4. The van der Waals surface area contributed by atoms with E-state index in [1.54, 1.807) is 4.90 Å². The molecular formula is C20H23NO3. The molecule has 1 heterocycles. The maximum Gasteiger partial charge on any atom is 0.410 e. The van der Waals surface area contributed by atoms with Crippen molar-refractivity contribution < 1.29 is 14.3 Å². The molecule has 1 fully saturated rings. The van der Waals surface area contributed by atoms with Crippen LogP contribution in [0.4, 0.5) is 4.79 Å². The van der Waals surface area contributed by atoms with Gasteiger partial charge in [-0.1, -0.05) is 48.0 Å². The van der Waals surface area contributed by atoms with Gasteiger partial charge in [0.05, 0.1) is 6.54 Å². The van der Waals surface area contributed by atoms with Crippen LogP contribution in [0.2, 0.25) is 0 Å². The molecule has 0 saturated carbocycles. The zero-order valence-electron chi connectivity index (χ0n) is 14.0. The lowest BCUT2D eigenvalue weighted by atomic mass is 10.1. The number of amides is 1. The van der Waals surface area contributed by atoms with E-state index in [-0.39, 0.29) is 12.2 Å². The smallest absolute Gasteiger partial charge is 0.410 e. The predicted octanol–water partition coefficient (Wildman–Crippen LogP) is 4.18. The van der Waals surface area contributed by atoms with Gasteiger partial charge in [0.25, 0.3) is 0 Å². The van der Waals surface area contributed by atoms with Crippen LogP contribution in [0.15, 0.2) is 54.6 Å². The third kappa shape index (κ3) is 4.51. The van der Waals surface area contributed by atoms with Gasteiger partial charge in [0, 0.05) is 6.54 Å². The van der Waals surface area contributed by atoms with E-state index >= 15 is 0 Å². The Morgan fingerprint density at radius 3 is 2.62 bits per heavy atom. The van der Waals surface area contributed by atoms with Gasteiger partial charge in [0.15, 0.2) is 0 Å². The lowest BCUT2D eigenvalue weighted by Crippen LogP contribution is -2.44. The summed E-state index contributed by atoms with van der Waals surface area (Å²) in [5.41, 5.74) is 2.20. The van der Waals surface area contributed by atoms with Crippen molar-refractivity contribution in [2.45, 2.75) is 32.5 Å². The second-order valence-electron chi connectivity index (χ2n) is 6.18. The largest absolute Gasteiger partial charge is 0.489 e. The number of benzene rings is 2. The zero-order chi connectivity index (χ0) is 16.8. The van der Waals surface area contributed by atoms with Crippen LogP contribution in [-0.4, -0.2) is 30.2 Å². The Kier molecular flexibility index (Phi) is 5.36. The molecule has 1 unspecified atom stereocenters. The average Bonchev–Trinajstić information content (AvgIpc) is 2.63. The zero-order valence-corrected chi connectivity index (χ0v) is 14.0. The van der Waals surface area contributed by atoms with Gasteiger partial charge >= 0.3 is 6.09 Å². The number of hydrogen-bond donors (Lipinski definition) is 0. The van der Waals surface area contributed by atoms with E-state index in [2.05, 4.69) is 6.92 Å². The van der Waals surface area contributed by atoms with Crippen LogP contribution in [0.3, 0.4) is 0 Å². The summed E-state index contributed by atoms with van der Waals surface area (Å²) in [6.07, 6.45) is 1.63. The molecule has 24 heavy (non-hydrogen) atoms. The van der Waals surface area contributed by atoms with Crippen molar-refractivity contribution >= 4 is 6.09 Å². The first kappa shape index (κ1) is 16.4. The van der Waals surface area contributed by atoms with Crippen molar-refractivity contribution in [2.24, 2.45) is 0 Å². The molecule has 1 aliphatic heterocycles. The summed E-state index contributed by atoms with van der Waals surface area (Å²) >= 11 is 0. The average molecular weight is 325 g/mol. The van der Waals surface area contributed by atoms with E-state index in [4.69, 9.17) is 9.47 Å². The number of carbonyl (C=O) groups is 1. The second kappa shape index (κ2) is 7.86. The SMILES string of the molecule is Cc1ccc(OC2CCCN(C(=O)OCc3ccccc3)C2)cc1. The molecule has 1 saturated heterocycles. The fourth-order valence-corrected chi connectivity index (χ4v) is 2.82.